The molecule has 0 aliphatic carbocycles. The van der Waals surface area contributed by atoms with Crippen LogP contribution in [0.3, 0.4) is 0 Å². The van der Waals surface area contributed by atoms with Crippen molar-refractivity contribution in [1.82, 2.24) is 20.2 Å². The van der Waals surface area contributed by atoms with Crippen LogP contribution in [0.25, 0.3) is 17.0 Å². The van der Waals surface area contributed by atoms with Crippen LogP contribution in [0.15, 0.2) is 24.0 Å². The second kappa shape index (κ2) is 12.6. The van der Waals surface area contributed by atoms with Gasteiger partial charge in [-0.15, -0.1) is 0 Å². The standard InChI is InChI=1S/C29H39ClN6O5/c1-17-25(24(18(2)31)19(3)37)33-26(22-11-21(7-8-23(22)30)41-13-20(38)12-32-4)34-27(17)36-15-29(16-36)9-6-10-35(14-29)28(39)40-5/h7-8,11,20,31-32,37-38H,6,9-10,12-16H2,1-5H3/b24-19+,31-18?/t20-/m1/s1. The molecular weight excluding hydrogens is 548 g/mol. The van der Waals surface area contributed by atoms with Gasteiger partial charge < -0.3 is 40.2 Å². The number of nitrogens with zero attached hydrogens (tertiary/aromatic N) is 4. The van der Waals surface area contributed by atoms with Gasteiger partial charge in [-0.05, 0) is 58.9 Å². The molecule has 2 aliphatic rings. The summed E-state index contributed by atoms with van der Waals surface area (Å²) in [6.07, 6.45) is 0.899. The Kier molecular flexibility index (Phi) is 9.41. The Labute approximate surface area is 245 Å². The van der Waals surface area contributed by atoms with Crippen molar-refractivity contribution in [3.05, 3.63) is 40.2 Å². The minimum atomic E-state index is -0.683. The molecule has 0 unspecified atom stereocenters. The van der Waals surface area contributed by atoms with Gasteiger partial charge in [0.2, 0.25) is 0 Å². The number of methoxy groups -OCH3 is 1. The molecule has 1 atom stereocenters. The number of nitrogens with one attached hydrogen (secondary N) is 2. The zero-order chi connectivity index (χ0) is 29.9. The summed E-state index contributed by atoms with van der Waals surface area (Å²) in [5.41, 5.74) is 2.15. The Hall–Kier alpha value is -3.41. The van der Waals surface area contributed by atoms with E-state index in [-0.39, 0.29) is 29.6 Å². The highest BCUT2D eigenvalue weighted by molar-refractivity contribution is 6.33. The monoisotopic (exact) mass is 586 g/mol. The average Bonchev–Trinajstić information content (AvgIpc) is 2.91. The Morgan fingerprint density at radius 3 is 2.63 bits per heavy atom. The number of halogens is 1. The van der Waals surface area contributed by atoms with Gasteiger partial charge in [-0.3, -0.25) is 0 Å². The first-order chi connectivity index (χ1) is 19.5. The summed E-state index contributed by atoms with van der Waals surface area (Å²) in [4.78, 5) is 25.9. The van der Waals surface area contributed by atoms with Crippen molar-refractivity contribution >= 4 is 34.8 Å². The molecule has 1 aromatic carbocycles. The summed E-state index contributed by atoms with van der Waals surface area (Å²) in [6, 6.07) is 5.14. The van der Waals surface area contributed by atoms with Gasteiger partial charge in [0.05, 0.1) is 23.4 Å². The molecule has 2 aromatic rings. The van der Waals surface area contributed by atoms with E-state index in [4.69, 9.17) is 36.5 Å². The van der Waals surface area contributed by atoms with Crippen LogP contribution in [0.1, 0.15) is 37.9 Å². The fourth-order valence-electron chi connectivity index (χ4n) is 5.71. The van der Waals surface area contributed by atoms with E-state index in [1.807, 2.05) is 6.92 Å². The van der Waals surface area contributed by atoms with Gasteiger partial charge in [-0.2, -0.15) is 0 Å². The molecule has 2 aliphatic heterocycles. The molecular formula is C29H39ClN6O5. The minimum absolute atomic E-state index is 0.0148. The topological polar surface area (TPSA) is 144 Å². The molecule has 222 valence electrons. The number of carbonyl (C=O) groups excluding carboxylic acids is 1. The van der Waals surface area contributed by atoms with Gasteiger partial charge in [-0.1, -0.05) is 11.6 Å². The molecule has 11 nitrogen and oxygen atoms in total. The number of likely N-dealkylation sites (tertiary alicyclic amines) is 1. The summed E-state index contributed by atoms with van der Waals surface area (Å²) in [7, 11) is 3.16. The Bertz CT molecular complexity index is 1340. The summed E-state index contributed by atoms with van der Waals surface area (Å²) in [5.74, 6) is 1.49. The van der Waals surface area contributed by atoms with E-state index in [1.54, 1.807) is 37.1 Å². The van der Waals surface area contributed by atoms with Crippen molar-refractivity contribution in [1.29, 1.82) is 5.41 Å². The zero-order valence-corrected chi connectivity index (χ0v) is 25.0. The molecule has 4 N–H and O–H groups in total. The molecule has 0 radical (unpaired) electrons. The highest BCUT2D eigenvalue weighted by Gasteiger charge is 2.48. The maximum Gasteiger partial charge on any atom is 0.409 e. The number of aliphatic hydroxyl groups is 2. The number of rotatable bonds is 9. The number of anilines is 1. The number of ether oxygens (including phenoxy) is 2. The van der Waals surface area contributed by atoms with Crippen molar-refractivity contribution in [2.45, 2.75) is 39.7 Å². The van der Waals surface area contributed by atoms with Crippen molar-refractivity contribution < 1.29 is 24.5 Å². The average molecular weight is 587 g/mol. The lowest BCUT2D eigenvalue weighted by Gasteiger charge is -2.55. The first-order valence-corrected chi connectivity index (χ1v) is 14.0. The van der Waals surface area contributed by atoms with Crippen LogP contribution in [0.4, 0.5) is 10.6 Å². The number of hydrogen-bond donors (Lipinski definition) is 4. The van der Waals surface area contributed by atoms with Crippen LogP contribution in [-0.2, 0) is 4.74 Å². The lowest BCUT2D eigenvalue weighted by molar-refractivity contribution is 0.0501. The van der Waals surface area contributed by atoms with Crippen molar-refractivity contribution in [2.24, 2.45) is 5.41 Å². The molecule has 1 amide bonds. The summed E-state index contributed by atoms with van der Waals surface area (Å²) < 4.78 is 10.8. The molecule has 0 bridgehead atoms. The Balaban J connectivity index is 1.73. The SMILES string of the molecule is CNC[C@@H](O)COc1ccc(Cl)c(-c2nc(/C(C(C)=N)=C(\C)O)c(C)c(N3CC4(CCCN(C(=O)OC)C4)C3)n2)c1. The van der Waals surface area contributed by atoms with Crippen molar-refractivity contribution in [3.63, 3.8) is 0 Å². The van der Waals surface area contributed by atoms with Gasteiger partial charge in [-0.25, -0.2) is 14.8 Å². The number of amides is 1. The summed E-state index contributed by atoms with van der Waals surface area (Å²) in [6.45, 7) is 8.19. The molecule has 1 aromatic heterocycles. The molecule has 41 heavy (non-hydrogen) atoms. The predicted molar refractivity (Wildman–Crippen MR) is 159 cm³/mol. The van der Waals surface area contributed by atoms with Crippen LogP contribution < -0.4 is 15.0 Å². The first kappa shape index (κ1) is 30.5. The van der Waals surface area contributed by atoms with E-state index in [2.05, 4.69) is 10.2 Å². The second-order valence-corrected chi connectivity index (χ2v) is 11.4. The number of aliphatic hydroxyl groups excluding tert-OH is 2. The van der Waals surface area contributed by atoms with Crippen molar-refractivity contribution in [2.75, 3.05) is 58.4 Å². The van der Waals surface area contributed by atoms with Gasteiger partial charge in [0.1, 0.15) is 30.0 Å². The van der Waals surface area contributed by atoms with E-state index in [1.165, 1.54) is 14.0 Å². The highest BCUT2D eigenvalue weighted by Crippen LogP contribution is 2.43. The molecule has 12 heteroatoms. The fraction of sp³-hybridized carbons (Fsp3) is 0.517. The van der Waals surface area contributed by atoms with E-state index < -0.39 is 6.10 Å². The zero-order valence-electron chi connectivity index (χ0n) is 24.3. The maximum absolute atomic E-state index is 12.2. The third-order valence-electron chi connectivity index (χ3n) is 7.60. The molecule has 2 fully saturated rings. The number of allylic oxidation sites excluding steroid dienone is 2. The van der Waals surface area contributed by atoms with Crippen LogP contribution in [-0.4, -0.2) is 96.5 Å². The predicted octanol–water partition coefficient (Wildman–Crippen LogP) is 4.06. The van der Waals surface area contributed by atoms with E-state index in [9.17, 15) is 15.0 Å². The lowest BCUT2D eigenvalue weighted by atomic mass is 9.73. The second-order valence-electron chi connectivity index (χ2n) is 10.9. The molecule has 2 saturated heterocycles. The number of aromatic nitrogens is 2. The fourth-order valence-corrected chi connectivity index (χ4v) is 5.92. The number of carbonyl (C=O) groups is 1. The Morgan fingerprint density at radius 2 is 2.00 bits per heavy atom. The summed E-state index contributed by atoms with van der Waals surface area (Å²) in [5, 5.41) is 32.3. The number of hydrogen-bond acceptors (Lipinski definition) is 10. The highest BCUT2D eigenvalue weighted by atomic mass is 35.5. The summed E-state index contributed by atoms with van der Waals surface area (Å²) >= 11 is 6.63. The van der Waals surface area contributed by atoms with E-state index in [0.29, 0.717) is 72.0 Å². The smallest absolute Gasteiger partial charge is 0.409 e. The van der Waals surface area contributed by atoms with Gasteiger partial charge >= 0.3 is 6.09 Å². The van der Waals surface area contributed by atoms with Crippen LogP contribution in [0, 0.1) is 17.7 Å². The van der Waals surface area contributed by atoms with E-state index >= 15 is 0 Å². The lowest BCUT2D eigenvalue weighted by Crippen LogP contribution is -2.64. The molecule has 4 rings (SSSR count). The minimum Gasteiger partial charge on any atom is -0.512 e. The number of piperidine rings is 1. The maximum atomic E-state index is 12.2. The Morgan fingerprint density at radius 1 is 1.27 bits per heavy atom. The molecule has 1 spiro atoms. The van der Waals surface area contributed by atoms with Crippen LogP contribution in [0.2, 0.25) is 5.02 Å². The quantitative estimate of drug-likeness (QED) is 0.252. The number of likely N-dealkylation sites (N-methyl/N-ethyl adjacent to an activating group) is 1. The molecule has 0 saturated carbocycles. The van der Waals surface area contributed by atoms with Gasteiger partial charge in [0.25, 0.3) is 0 Å². The largest absolute Gasteiger partial charge is 0.512 e. The number of benzene rings is 1. The van der Waals surface area contributed by atoms with Crippen molar-refractivity contribution in [3.8, 4) is 17.1 Å². The third-order valence-corrected chi connectivity index (χ3v) is 7.93. The first-order valence-electron chi connectivity index (χ1n) is 13.7. The molecule has 3 heterocycles. The third kappa shape index (κ3) is 6.58. The van der Waals surface area contributed by atoms with Crippen LogP contribution >= 0.6 is 11.6 Å². The van der Waals surface area contributed by atoms with Crippen LogP contribution in [0.5, 0.6) is 5.75 Å². The van der Waals surface area contributed by atoms with E-state index in [0.717, 1.165) is 18.4 Å². The van der Waals surface area contributed by atoms with Gasteiger partial charge in [0, 0.05) is 55.0 Å². The normalized spacial score (nSPS) is 17.5. The van der Waals surface area contributed by atoms with Gasteiger partial charge in [0.15, 0.2) is 5.82 Å².